The zero-order valence-electron chi connectivity index (χ0n) is 29.0. The molecule has 0 saturated carbocycles. The van der Waals surface area contributed by atoms with Crippen LogP contribution in [0.15, 0.2) is 66.7 Å². The molecule has 2 atom stereocenters. The Hall–Kier alpha value is -3.87. The van der Waals surface area contributed by atoms with Crippen molar-refractivity contribution in [2.45, 2.75) is 118 Å². The molecule has 3 amide bonds. The molecule has 0 saturated heterocycles. The standard InChI is InChI=1S/C39H55N3O4/c1-8-10-11-12-13-16-25-42(37(44)34(26-28(3)4)41-38(45)46-39(5,6)7)35(31-21-19-29(9-2)20-22-31)36(43)40-33-24-23-30-17-14-15-18-32(30)27-33/h14-15,17-24,27-28,34-35H,8-13,16,25-26H2,1-7H3,(H,40,43)(H,41,45). The van der Waals surface area contributed by atoms with Crippen LogP contribution in [0.3, 0.4) is 0 Å². The Balaban J connectivity index is 2.02. The number of fused-ring (bicyclic) bond motifs is 1. The van der Waals surface area contributed by atoms with Crippen molar-refractivity contribution in [3.63, 3.8) is 0 Å². The number of rotatable bonds is 16. The second-order valence-electron chi connectivity index (χ2n) is 13.7. The molecule has 0 heterocycles. The Labute approximate surface area is 276 Å². The third-order valence-corrected chi connectivity index (χ3v) is 8.01. The van der Waals surface area contributed by atoms with Crippen LogP contribution in [0.5, 0.6) is 0 Å². The van der Waals surface area contributed by atoms with Crippen LogP contribution in [0.1, 0.15) is 111 Å². The van der Waals surface area contributed by atoms with Gasteiger partial charge in [0.25, 0.3) is 5.91 Å². The van der Waals surface area contributed by atoms with E-state index in [4.69, 9.17) is 4.74 Å². The first kappa shape index (κ1) is 36.6. The van der Waals surface area contributed by atoms with E-state index in [2.05, 4.69) is 24.5 Å². The minimum atomic E-state index is -0.893. The molecule has 46 heavy (non-hydrogen) atoms. The van der Waals surface area contributed by atoms with Crippen LogP contribution in [0, 0.1) is 5.92 Å². The van der Waals surface area contributed by atoms with Crippen molar-refractivity contribution >= 4 is 34.4 Å². The molecule has 0 bridgehead atoms. The molecule has 0 fully saturated rings. The molecule has 250 valence electrons. The van der Waals surface area contributed by atoms with Crippen LogP contribution < -0.4 is 10.6 Å². The fourth-order valence-corrected chi connectivity index (χ4v) is 5.66. The summed E-state index contributed by atoms with van der Waals surface area (Å²) in [7, 11) is 0. The number of carbonyl (C=O) groups excluding carboxylic acids is 3. The summed E-state index contributed by atoms with van der Waals surface area (Å²) in [6.45, 7) is 14.1. The Morgan fingerprint density at radius 2 is 1.48 bits per heavy atom. The van der Waals surface area contributed by atoms with Crippen molar-refractivity contribution in [2.75, 3.05) is 11.9 Å². The summed E-state index contributed by atoms with van der Waals surface area (Å²) in [5, 5.41) is 8.07. The molecular weight excluding hydrogens is 574 g/mol. The average molecular weight is 630 g/mol. The van der Waals surface area contributed by atoms with Gasteiger partial charge in [-0.25, -0.2) is 4.79 Å². The van der Waals surface area contributed by atoms with E-state index in [0.29, 0.717) is 18.7 Å². The van der Waals surface area contributed by atoms with E-state index in [1.807, 2.05) is 80.6 Å². The maximum atomic E-state index is 14.6. The Kier molecular flexibility index (Phi) is 14.1. The number of unbranched alkanes of at least 4 members (excludes halogenated alkanes) is 5. The molecule has 2 N–H and O–H groups in total. The highest BCUT2D eigenvalue weighted by molar-refractivity contribution is 6.00. The number of carbonyl (C=O) groups is 3. The third kappa shape index (κ3) is 11.5. The molecule has 0 aliphatic carbocycles. The van der Waals surface area contributed by atoms with Crippen molar-refractivity contribution in [1.29, 1.82) is 0 Å². The van der Waals surface area contributed by atoms with E-state index < -0.39 is 23.8 Å². The second kappa shape index (κ2) is 17.7. The van der Waals surface area contributed by atoms with Gasteiger partial charge in [0, 0.05) is 12.2 Å². The smallest absolute Gasteiger partial charge is 0.408 e. The highest BCUT2D eigenvalue weighted by Gasteiger charge is 2.36. The second-order valence-corrected chi connectivity index (χ2v) is 13.7. The highest BCUT2D eigenvalue weighted by Crippen LogP contribution is 2.28. The molecule has 2 unspecified atom stereocenters. The molecule has 7 heteroatoms. The van der Waals surface area contributed by atoms with Crippen LogP contribution in [0.4, 0.5) is 10.5 Å². The molecule has 3 rings (SSSR count). The predicted octanol–water partition coefficient (Wildman–Crippen LogP) is 9.21. The van der Waals surface area contributed by atoms with Crippen molar-refractivity contribution < 1.29 is 19.1 Å². The van der Waals surface area contributed by atoms with E-state index in [1.54, 1.807) is 25.7 Å². The van der Waals surface area contributed by atoms with Gasteiger partial charge >= 0.3 is 6.09 Å². The van der Waals surface area contributed by atoms with Gasteiger partial charge in [0.15, 0.2) is 0 Å². The number of anilines is 1. The van der Waals surface area contributed by atoms with Crippen LogP contribution in [-0.4, -0.2) is 41.0 Å². The fourth-order valence-electron chi connectivity index (χ4n) is 5.66. The van der Waals surface area contributed by atoms with Crippen molar-refractivity contribution in [3.8, 4) is 0 Å². The molecule has 0 radical (unpaired) electrons. The monoisotopic (exact) mass is 629 g/mol. The number of alkyl carbamates (subject to hydrolysis) is 1. The van der Waals surface area contributed by atoms with E-state index in [9.17, 15) is 14.4 Å². The van der Waals surface area contributed by atoms with E-state index >= 15 is 0 Å². The van der Waals surface area contributed by atoms with E-state index in [0.717, 1.165) is 60.4 Å². The summed E-state index contributed by atoms with van der Waals surface area (Å²) >= 11 is 0. The molecule has 0 spiro atoms. The topological polar surface area (TPSA) is 87.7 Å². The largest absolute Gasteiger partial charge is 0.444 e. The molecular formula is C39H55N3O4. The number of aryl methyl sites for hydroxylation is 1. The number of hydrogen-bond acceptors (Lipinski definition) is 4. The predicted molar refractivity (Wildman–Crippen MR) is 189 cm³/mol. The van der Waals surface area contributed by atoms with Crippen LogP contribution in [0.2, 0.25) is 0 Å². The van der Waals surface area contributed by atoms with Crippen LogP contribution >= 0.6 is 0 Å². The summed E-state index contributed by atoms with van der Waals surface area (Å²) in [5.41, 5.74) is 1.83. The van der Waals surface area contributed by atoms with Gasteiger partial charge in [0.2, 0.25) is 5.91 Å². The summed E-state index contributed by atoms with van der Waals surface area (Å²) in [5.74, 6) is -0.459. The molecule has 0 aliphatic heterocycles. The first-order valence-electron chi connectivity index (χ1n) is 17.1. The van der Waals surface area contributed by atoms with Gasteiger partial charge in [0.1, 0.15) is 17.7 Å². The molecule has 0 aromatic heterocycles. The van der Waals surface area contributed by atoms with Gasteiger partial charge in [0.05, 0.1) is 0 Å². The lowest BCUT2D eigenvalue weighted by Gasteiger charge is -2.35. The summed E-state index contributed by atoms with van der Waals surface area (Å²) in [6, 6.07) is 20.0. The zero-order valence-corrected chi connectivity index (χ0v) is 29.0. The Morgan fingerprint density at radius 3 is 2.11 bits per heavy atom. The number of amides is 3. The van der Waals surface area contributed by atoms with Crippen molar-refractivity contribution in [3.05, 3.63) is 77.9 Å². The highest BCUT2D eigenvalue weighted by atomic mass is 16.6. The maximum absolute atomic E-state index is 14.6. The lowest BCUT2D eigenvalue weighted by Crippen LogP contribution is -2.53. The van der Waals surface area contributed by atoms with Gasteiger partial charge in [-0.15, -0.1) is 0 Å². The minimum absolute atomic E-state index is 0.119. The minimum Gasteiger partial charge on any atom is -0.444 e. The van der Waals surface area contributed by atoms with Crippen molar-refractivity contribution in [2.24, 2.45) is 5.92 Å². The van der Waals surface area contributed by atoms with Gasteiger partial charge in [-0.1, -0.05) is 114 Å². The third-order valence-electron chi connectivity index (χ3n) is 8.01. The van der Waals surface area contributed by atoms with E-state index in [1.165, 1.54) is 6.42 Å². The fraction of sp³-hybridized carbons (Fsp3) is 0.513. The summed E-state index contributed by atoms with van der Waals surface area (Å²) in [6.07, 6.45) is 6.89. The summed E-state index contributed by atoms with van der Waals surface area (Å²) < 4.78 is 5.55. The first-order chi connectivity index (χ1) is 21.9. The molecule has 7 nitrogen and oxygen atoms in total. The lowest BCUT2D eigenvalue weighted by molar-refractivity contribution is -0.141. The zero-order chi connectivity index (χ0) is 33.7. The van der Waals surface area contributed by atoms with Gasteiger partial charge in [-0.05, 0) is 80.0 Å². The number of hydrogen-bond donors (Lipinski definition) is 2. The summed E-state index contributed by atoms with van der Waals surface area (Å²) in [4.78, 5) is 43.6. The van der Waals surface area contributed by atoms with E-state index in [-0.39, 0.29) is 17.7 Å². The average Bonchev–Trinajstić information content (AvgIpc) is 3.00. The number of benzene rings is 3. The number of nitrogens with zero attached hydrogens (tertiary/aromatic N) is 1. The van der Waals surface area contributed by atoms with Crippen LogP contribution in [-0.2, 0) is 20.7 Å². The maximum Gasteiger partial charge on any atom is 0.408 e. The van der Waals surface area contributed by atoms with Crippen molar-refractivity contribution in [1.82, 2.24) is 10.2 Å². The lowest BCUT2D eigenvalue weighted by atomic mass is 9.97. The number of nitrogens with one attached hydrogen (secondary N) is 2. The Bertz CT molecular complexity index is 1410. The SMILES string of the molecule is CCCCCCCCN(C(=O)C(CC(C)C)NC(=O)OC(C)(C)C)C(C(=O)Nc1ccc2ccccc2c1)c1ccc(CC)cc1. The quantitative estimate of drug-likeness (QED) is 0.155. The molecule has 3 aromatic rings. The van der Waals surface area contributed by atoms with Crippen LogP contribution in [0.25, 0.3) is 10.8 Å². The molecule has 3 aromatic carbocycles. The Morgan fingerprint density at radius 1 is 0.826 bits per heavy atom. The van der Waals surface area contributed by atoms with Gasteiger partial charge in [-0.3, -0.25) is 9.59 Å². The van der Waals surface area contributed by atoms with Gasteiger partial charge < -0.3 is 20.3 Å². The van der Waals surface area contributed by atoms with Gasteiger partial charge in [-0.2, -0.15) is 0 Å². The molecule has 0 aliphatic rings. The first-order valence-corrected chi connectivity index (χ1v) is 17.1. The number of ether oxygens (including phenoxy) is 1. The normalized spacial score (nSPS) is 12.9.